The van der Waals surface area contributed by atoms with Gasteiger partial charge in [-0.2, -0.15) is 0 Å². The van der Waals surface area contributed by atoms with Gasteiger partial charge in [0, 0.05) is 29.1 Å². The standard InChI is InChI=1S/C17H22N2S/c1-4-18-15-9-10-19-16(11-15)12-20-17-7-5-14(6-8-17)13(2)3/h5-11,13H,4,12H2,1-3H3,(H,18,19). The van der Waals surface area contributed by atoms with E-state index in [0.717, 1.165) is 23.7 Å². The Labute approximate surface area is 126 Å². The number of nitrogens with one attached hydrogen (secondary N) is 1. The van der Waals surface area contributed by atoms with Crippen molar-refractivity contribution in [2.24, 2.45) is 0 Å². The number of rotatable bonds is 6. The average molecular weight is 286 g/mol. The first-order valence-corrected chi connectivity index (χ1v) is 8.09. The minimum absolute atomic E-state index is 0.590. The van der Waals surface area contributed by atoms with Crippen molar-refractivity contribution in [2.45, 2.75) is 37.3 Å². The topological polar surface area (TPSA) is 24.9 Å². The quantitative estimate of drug-likeness (QED) is 0.762. The normalized spacial score (nSPS) is 10.8. The Morgan fingerprint density at radius 1 is 1.15 bits per heavy atom. The van der Waals surface area contributed by atoms with Crippen molar-refractivity contribution < 1.29 is 0 Å². The van der Waals surface area contributed by atoms with Gasteiger partial charge >= 0.3 is 0 Å². The smallest absolute Gasteiger partial charge is 0.0526 e. The van der Waals surface area contributed by atoms with Crippen molar-refractivity contribution in [3.8, 4) is 0 Å². The Hall–Kier alpha value is -1.48. The fourth-order valence-electron chi connectivity index (χ4n) is 1.98. The van der Waals surface area contributed by atoms with Crippen LogP contribution in [0.25, 0.3) is 0 Å². The Kier molecular flexibility index (Phi) is 5.48. The first-order valence-electron chi connectivity index (χ1n) is 7.10. The monoisotopic (exact) mass is 286 g/mol. The molecule has 0 amide bonds. The van der Waals surface area contributed by atoms with E-state index in [4.69, 9.17) is 0 Å². The molecule has 0 bridgehead atoms. The number of nitrogens with zero attached hydrogens (tertiary/aromatic N) is 1. The molecule has 2 nitrogen and oxygen atoms in total. The van der Waals surface area contributed by atoms with E-state index in [1.54, 1.807) is 0 Å². The highest BCUT2D eigenvalue weighted by Gasteiger charge is 2.01. The molecule has 0 unspecified atom stereocenters. The molecule has 0 spiro atoms. The maximum atomic E-state index is 4.42. The summed E-state index contributed by atoms with van der Waals surface area (Å²) in [6.45, 7) is 7.48. The Morgan fingerprint density at radius 3 is 2.55 bits per heavy atom. The van der Waals surface area contributed by atoms with Crippen LogP contribution < -0.4 is 5.32 Å². The Balaban J connectivity index is 1.96. The summed E-state index contributed by atoms with van der Waals surface area (Å²) in [5.74, 6) is 1.49. The minimum atomic E-state index is 0.590. The third-order valence-corrected chi connectivity index (χ3v) is 4.18. The van der Waals surface area contributed by atoms with Crippen LogP contribution in [0.1, 0.15) is 37.9 Å². The maximum Gasteiger partial charge on any atom is 0.0526 e. The first-order chi connectivity index (χ1) is 9.69. The summed E-state index contributed by atoms with van der Waals surface area (Å²) in [4.78, 5) is 5.72. The second-order valence-corrected chi connectivity index (χ2v) is 6.13. The van der Waals surface area contributed by atoms with E-state index in [1.807, 2.05) is 24.0 Å². The zero-order chi connectivity index (χ0) is 14.4. The largest absolute Gasteiger partial charge is 0.385 e. The van der Waals surface area contributed by atoms with E-state index >= 15 is 0 Å². The molecule has 1 aromatic carbocycles. The molecule has 2 aromatic rings. The molecule has 1 aromatic heterocycles. The van der Waals surface area contributed by atoms with Crippen LogP contribution in [0.15, 0.2) is 47.5 Å². The lowest BCUT2D eigenvalue weighted by Gasteiger charge is -2.07. The third-order valence-electron chi connectivity index (χ3n) is 3.13. The van der Waals surface area contributed by atoms with Crippen molar-refractivity contribution in [3.63, 3.8) is 0 Å². The molecule has 1 heterocycles. The SMILES string of the molecule is CCNc1ccnc(CSc2ccc(C(C)C)cc2)c1. The van der Waals surface area contributed by atoms with E-state index in [9.17, 15) is 0 Å². The molecule has 20 heavy (non-hydrogen) atoms. The van der Waals surface area contributed by atoms with E-state index in [2.05, 4.69) is 61.4 Å². The summed E-state index contributed by atoms with van der Waals surface area (Å²) in [6.07, 6.45) is 1.87. The van der Waals surface area contributed by atoms with Crippen molar-refractivity contribution in [1.29, 1.82) is 0 Å². The number of aromatic nitrogens is 1. The van der Waals surface area contributed by atoms with Gasteiger partial charge in [0.1, 0.15) is 0 Å². The number of anilines is 1. The van der Waals surface area contributed by atoms with Crippen LogP contribution >= 0.6 is 11.8 Å². The van der Waals surface area contributed by atoms with Gasteiger partial charge < -0.3 is 5.32 Å². The zero-order valence-corrected chi connectivity index (χ0v) is 13.2. The molecule has 3 heteroatoms. The summed E-state index contributed by atoms with van der Waals surface area (Å²) in [5.41, 5.74) is 3.65. The lowest BCUT2D eigenvalue weighted by Crippen LogP contribution is -1.97. The summed E-state index contributed by atoms with van der Waals surface area (Å²) in [6, 6.07) is 13.0. The molecule has 0 aliphatic heterocycles. The lowest BCUT2D eigenvalue weighted by molar-refractivity contribution is 0.865. The van der Waals surface area contributed by atoms with E-state index in [0.29, 0.717) is 5.92 Å². The van der Waals surface area contributed by atoms with Crippen molar-refractivity contribution in [1.82, 2.24) is 4.98 Å². The van der Waals surface area contributed by atoms with Crippen molar-refractivity contribution in [3.05, 3.63) is 53.9 Å². The fraction of sp³-hybridized carbons (Fsp3) is 0.353. The summed E-state index contributed by atoms with van der Waals surface area (Å²) < 4.78 is 0. The molecular formula is C17H22N2S. The Bertz CT molecular complexity index is 535. The molecule has 0 fully saturated rings. The van der Waals surface area contributed by atoms with Crippen LogP contribution in [0.3, 0.4) is 0 Å². The maximum absolute atomic E-state index is 4.42. The lowest BCUT2D eigenvalue weighted by atomic mass is 10.0. The van der Waals surface area contributed by atoms with Gasteiger partial charge in [0.2, 0.25) is 0 Å². The zero-order valence-electron chi connectivity index (χ0n) is 12.4. The molecule has 0 aliphatic carbocycles. The second kappa shape index (κ2) is 7.34. The van der Waals surface area contributed by atoms with Gasteiger partial charge in [-0.05, 0) is 42.7 Å². The van der Waals surface area contributed by atoms with Gasteiger partial charge in [0.05, 0.1) is 5.69 Å². The van der Waals surface area contributed by atoms with Gasteiger partial charge in [-0.15, -0.1) is 11.8 Å². The molecule has 0 saturated carbocycles. The van der Waals surface area contributed by atoms with Crippen LogP contribution in [-0.4, -0.2) is 11.5 Å². The van der Waals surface area contributed by atoms with Crippen molar-refractivity contribution in [2.75, 3.05) is 11.9 Å². The molecule has 106 valence electrons. The van der Waals surface area contributed by atoms with Gasteiger partial charge in [0.15, 0.2) is 0 Å². The Morgan fingerprint density at radius 2 is 1.90 bits per heavy atom. The van der Waals surface area contributed by atoms with E-state index in [1.165, 1.54) is 10.5 Å². The highest BCUT2D eigenvalue weighted by Crippen LogP contribution is 2.25. The molecule has 2 rings (SSSR count). The predicted molar refractivity (Wildman–Crippen MR) is 88.5 cm³/mol. The molecular weight excluding hydrogens is 264 g/mol. The van der Waals surface area contributed by atoms with Gasteiger partial charge in [-0.3, -0.25) is 4.98 Å². The second-order valence-electron chi connectivity index (χ2n) is 5.08. The molecule has 0 saturated heterocycles. The highest BCUT2D eigenvalue weighted by atomic mass is 32.2. The molecule has 1 N–H and O–H groups in total. The molecule has 0 aliphatic rings. The average Bonchev–Trinajstić information content (AvgIpc) is 2.46. The number of benzene rings is 1. The third kappa shape index (κ3) is 4.27. The predicted octanol–water partition coefficient (Wildman–Crippen LogP) is 4.93. The van der Waals surface area contributed by atoms with Crippen molar-refractivity contribution >= 4 is 17.4 Å². The number of thioether (sulfide) groups is 1. The number of pyridine rings is 1. The number of hydrogen-bond donors (Lipinski definition) is 1. The molecule has 0 atom stereocenters. The highest BCUT2D eigenvalue weighted by molar-refractivity contribution is 7.98. The number of hydrogen-bond acceptors (Lipinski definition) is 3. The minimum Gasteiger partial charge on any atom is -0.385 e. The van der Waals surface area contributed by atoms with Crippen LogP contribution in [0, 0.1) is 0 Å². The summed E-state index contributed by atoms with van der Waals surface area (Å²) in [5, 5.41) is 3.32. The van der Waals surface area contributed by atoms with Gasteiger partial charge in [-0.1, -0.05) is 26.0 Å². The van der Waals surface area contributed by atoms with Gasteiger partial charge in [0.25, 0.3) is 0 Å². The van der Waals surface area contributed by atoms with Crippen LogP contribution in [0.4, 0.5) is 5.69 Å². The van der Waals surface area contributed by atoms with Crippen LogP contribution in [-0.2, 0) is 5.75 Å². The first kappa shape index (κ1) is 14.9. The van der Waals surface area contributed by atoms with Gasteiger partial charge in [-0.25, -0.2) is 0 Å². The van der Waals surface area contributed by atoms with E-state index < -0.39 is 0 Å². The molecule has 0 radical (unpaired) electrons. The van der Waals surface area contributed by atoms with Crippen LogP contribution in [0.5, 0.6) is 0 Å². The fourth-order valence-corrected chi connectivity index (χ4v) is 2.78. The summed E-state index contributed by atoms with van der Waals surface area (Å²) >= 11 is 1.83. The van der Waals surface area contributed by atoms with E-state index in [-0.39, 0.29) is 0 Å². The van der Waals surface area contributed by atoms with Crippen LogP contribution in [0.2, 0.25) is 0 Å². The summed E-state index contributed by atoms with van der Waals surface area (Å²) in [7, 11) is 0.